The van der Waals surface area contributed by atoms with Crippen molar-refractivity contribution >= 4 is 29.0 Å². The molecule has 2 aliphatic rings. The number of thiophene rings is 1. The highest BCUT2D eigenvalue weighted by Crippen LogP contribution is 2.26. The number of carbonyl (C=O) groups is 1. The number of nitrogens with zero attached hydrogens (tertiary/aromatic N) is 5. The van der Waals surface area contributed by atoms with Gasteiger partial charge in [0.1, 0.15) is 5.82 Å². The first-order valence-electron chi connectivity index (χ1n) is 11.5. The van der Waals surface area contributed by atoms with E-state index in [0.717, 1.165) is 54.8 Å². The zero-order valence-corrected chi connectivity index (χ0v) is 19.4. The maximum atomic E-state index is 13.0. The zero-order valence-electron chi connectivity index (χ0n) is 18.5. The molecule has 0 spiro atoms. The molecule has 0 bridgehead atoms. The van der Waals surface area contributed by atoms with Gasteiger partial charge in [0.2, 0.25) is 5.95 Å². The maximum absolute atomic E-state index is 13.0. The zero-order chi connectivity index (χ0) is 21.9. The Balaban J connectivity index is 1.23. The van der Waals surface area contributed by atoms with Crippen LogP contribution in [0, 0.1) is 6.92 Å². The second-order valence-electron chi connectivity index (χ2n) is 8.55. The fraction of sp³-hybridized carbons (Fsp3) is 0.400. The van der Waals surface area contributed by atoms with Crippen LogP contribution in [0.2, 0.25) is 0 Å². The second kappa shape index (κ2) is 9.28. The number of aryl methyl sites for hydroxylation is 1. The van der Waals surface area contributed by atoms with Gasteiger partial charge >= 0.3 is 0 Å². The molecule has 0 aliphatic carbocycles. The number of amides is 1. The predicted molar refractivity (Wildman–Crippen MR) is 131 cm³/mol. The molecule has 0 N–H and O–H groups in total. The molecule has 1 aromatic carbocycles. The van der Waals surface area contributed by atoms with Gasteiger partial charge in [-0.25, -0.2) is 4.98 Å². The number of hydrogen-bond donors (Lipinski definition) is 0. The molecule has 166 valence electrons. The van der Waals surface area contributed by atoms with Gasteiger partial charge in [-0.1, -0.05) is 18.2 Å². The summed E-state index contributed by atoms with van der Waals surface area (Å²) in [7, 11) is 0. The molecule has 2 aromatic heterocycles. The smallest absolute Gasteiger partial charge is 0.253 e. The van der Waals surface area contributed by atoms with Crippen molar-refractivity contribution in [2.45, 2.75) is 26.2 Å². The van der Waals surface area contributed by atoms with Crippen molar-refractivity contribution in [2.24, 2.45) is 0 Å². The van der Waals surface area contributed by atoms with Gasteiger partial charge in [-0.15, -0.1) is 11.3 Å². The van der Waals surface area contributed by atoms with E-state index in [0.29, 0.717) is 13.1 Å². The standard InChI is InChI=1S/C25H29N5OS/c1-19-18-23(27-25(26-19)30-11-3-2-4-12-30)28-13-15-29(16-14-28)24(31)21-9-7-20(8-10-21)22-6-5-17-32-22/h5-10,17-18H,2-4,11-16H2,1H3. The van der Waals surface area contributed by atoms with Gasteiger partial charge in [0.05, 0.1) is 0 Å². The van der Waals surface area contributed by atoms with Gasteiger partial charge in [0, 0.05) is 61.5 Å². The largest absolute Gasteiger partial charge is 0.353 e. The summed E-state index contributed by atoms with van der Waals surface area (Å²) in [5.74, 6) is 1.93. The van der Waals surface area contributed by atoms with E-state index in [-0.39, 0.29) is 5.91 Å². The van der Waals surface area contributed by atoms with Gasteiger partial charge in [-0.05, 0) is 55.3 Å². The Hall–Kier alpha value is -2.93. The lowest BCUT2D eigenvalue weighted by atomic mass is 10.1. The molecule has 6 nitrogen and oxygen atoms in total. The lowest BCUT2D eigenvalue weighted by molar-refractivity contribution is 0.0746. The monoisotopic (exact) mass is 447 g/mol. The molecule has 4 heterocycles. The Morgan fingerprint density at radius 1 is 0.875 bits per heavy atom. The summed E-state index contributed by atoms with van der Waals surface area (Å²) in [5.41, 5.74) is 2.91. The van der Waals surface area contributed by atoms with Crippen LogP contribution in [0.25, 0.3) is 10.4 Å². The first-order valence-corrected chi connectivity index (χ1v) is 12.3. The molecular formula is C25H29N5OS. The fourth-order valence-corrected chi connectivity index (χ4v) is 5.21. The van der Waals surface area contributed by atoms with Gasteiger partial charge in [0.25, 0.3) is 5.91 Å². The minimum Gasteiger partial charge on any atom is -0.353 e. The van der Waals surface area contributed by atoms with Crippen LogP contribution in [0.3, 0.4) is 0 Å². The molecule has 0 radical (unpaired) electrons. The average molecular weight is 448 g/mol. The summed E-state index contributed by atoms with van der Waals surface area (Å²) < 4.78 is 0. The third kappa shape index (κ3) is 4.48. The Morgan fingerprint density at radius 3 is 2.31 bits per heavy atom. The van der Waals surface area contributed by atoms with Gasteiger partial charge in [-0.2, -0.15) is 4.98 Å². The Morgan fingerprint density at radius 2 is 1.62 bits per heavy atom. The Labute approximate surface area is 193 Å². The van der Waals surface area contributed by atoms with Crippen LogP contribution >= 0.6 is 11.3 Å². The maximum Gasteiger partial charge on any atom is 0.253 e. The molecule has 5 rings (SSSR count). The number of carbonyl (C=O) groups excluding carboxylic acids is 1. The molecule has 7 heteroatoms. The third-order valence-electron chi connectivity index (χ3n) is 6.30. The van der Waals surface area contributed by atoms with Crippen molar-refractivity contribution in [2.75, 3.05) is 49.1 Å². The van der Waals surface area contributed by atoms with Crippen molar-refractivity contribution in [3.63, 3.8) is 0 Å². The van der Waals surface area contributed by atoms with Crippen LogP contribution in [0.1, 0.15) is 35.3 Å². The summed E-state index contributed by atoms with van der Waals surface area (Å²) in [5, 5.41) is 2.07. The van der Waals surface area contributed by atoms with E-state index in [1.165, 1.54) is 24.1 Å². The minimum atomic E-state index is 0.107. The number of piperazine rings is 1. The highest BCUT2D eigenvalue weighted by atomic mass is 32.1. The highest BCUT2D eigenvalue weighted by Gasteiger charge is 2.24. The molecular weight excluding hydrogens is 418 g/mol. The molecule has 2 fully saturated rings. The topological polar surface area (TPSA) is 52.6 Å². The summed E-state index contributed by atoms with van der Waals surface area (Å²) in [6, 6.07) is 14.2. The minimum absolute atomic E-state index is 0.107. The number of benzene rings is 1. The SMILES string of the molecule is Cc1cc(N2CCN(C(=O)c3ccc(-c4cccs4)cc3)CC2)nc(N2CCCCC2)n1. The van der Waals surface area contributed by atoms with Gasteiger partial charge < -0.3 is 14.7 Å². The van der Waals surface area contributed by atoms with Crippen LogP contribution in [0.5, 0.6) is 0 Å². The van der Waals surface area contributed by atoms with E-state index in [9.17, 15) is 4.79 Å². The molecule has 1 amide bonds. The second-order valence-corrected chi connectivity index (χ2v) is 9.50. The van der Waals surface area contributed by atoms with Crippen molar-refractivity contribution in [1.29, 1.82) is 0 Å². The van der Waals surface area contributed by atoms with Crippen LogP contribution < -0.4 is 9.80 Å². The van der Waals surface area contributed by atoms with E-state index in [2.05, 4.69) is 32.3 Å². The van der Waals surface area contributed by atoms with Crippen molar-refractivity contribution < 1.29 is 4.79 Å². The van der Waals surface area contributed by atoms with E-state index >= 15 is 0 Å². The number of rotatable bonds is 4. The summed E-state index contributed by atoms with van der Waals surface area (Å²) in [6.07, 6.45) is 3.71. The van der Waals surface area contributed by atoms with Crippen LogP contribution in [-0.4, -0.2) is 60.0 Å². The van der Waals surface area contributed by atoms with E-state index < -0.39 is 0 Å². The predicted octanol–water partition coefficient (Wildman–Crippen LogP) is 4.47. The van der Waals surface area contributed by atoms with E-state index in [1.54, 1.807) is 11.3 Å². The summed E-state index contributed by atoms with van der Waals surface area (Å²) >= 11 is 1.71. The van der Waals surface area contributed by atoms with Crippen molar-refractivity contribution in [1.82, 2.24) is 14.9 Å². The lowest BCUT2D eigenvalue weighted by Gasteiger charge is -2.36. The van der Waals surface area contributed by atoms with Gasteiger partial charge in [-0.3, -0.25) is 4.79 Å². The summed E-state index contributed by atoms with van der Waals surface area (Å²) in [6.45, 7) is 7.09. The van der Waals surface area contributed by atoms with Crippen molar-refractivity contribution in [3.8, 4) is 10.4 Å². The first-order chi connectivity index (χ1) is 15.7. The lowest BCUT2D eigenvalue weighted by Crippen LogP contribution is -2.49. The highest BCUT2D eigenvalue weighted by molar-refractivity contribution is 7.13. The molecule has 0 saturated carbocycles. The average Bonchev–Trinajstić information content (AvgIpc) is 3.39. The van der Waals surface area contributed by atoms with E-state index in [1.807, 2.05) is 42.2 Å². The first kappa shape index (κ1) is 20.9. The Bertz CT molecular complexity index is 1050. The van der Waals surface area contributed by atoms with E-state index in [4.69, 9.17) is 4.98 Å². The van der Waals surface area contributed by atoms with Crippen molar-refractivity contribution in [3.05, 3.63) is 59.1 Å². The Kier molecular flexibility index (Phi) is 6.08. The molecule has 0 unspecified atom stereocenters. The van der Waals surface area contributed by atoms with Crippen LogP contribution in [-0.2, 0) is 0 Å². The van der Waals surface area contributed by atoms with Crippen LogP contribution in [0.15, 0.2) is 47.8 Å². The fourth-order valence-electron chi connectivity index (χ4n) is 4.48. The molecule has 2 aliphatic heterocycles. The number of anilines is 2. The molecule has 32 heavy (non-hydrogen) atoms. The quantitative estimate of drug-likeness (QED) is 0.591. The third-order valence-corrected chi connectivity index (χ3v) is 7.22. The number of aromatic nitrogens is 2. The molecule has 3 aromatic rings. The molecule has 0 atom stereocenters. The number of piperidine rings is 1. The summed E-state index contributed by atoms with van der Waals surface area (Å²) in [4.78, 5) is 30.4. The normalized spacial score (nSPS) is 17.0. The van der Waals surface area contributed by atoms with Crippen LogP contribution in [0.4, 0.5) is 11.8 Å². The van der Waals surface area contributed by atoms with Gasteiger partial charge in [0.15, 0.2) is 0 Å². The number of hydrogen-bond acceptors (Lipinski definition) is 6. The molecule has 2 saturated heterocycles.